The van der Waals surface area contributed by atoms with Crippen LogP contribution in [0.4, 0.5) is 0 Å². The molecule has 4 nitrogen and oxygen atoms in total. The third-order valence-corrected chi connectivity index (χ3v) is 5.62. The second-order valence-electron chi connectivity index (χ2n) is 6.56. The predicted octanol–water partition coefficient (Wildman–Crippen LogP) is 4.15. The third-order valence-electron chi connectivity index (χ3n) is 4.77. The summed E-state index contributed by atoms with van der Waals surface area (Å²) in [6.45, 7) is 5.34. The molecule has 3 rings (SSSR count). The Balaban J connectivity index is 1.77. The fourth-order valence-corrected chi connectivity index (χ4v) is 4.26. The molecule has 0 radical (unpaired) electrons. The number of allylic oxidation sites excluding steroid dienone is 2. The topological polar surface area (TPSA) is 60.9 Å². The standard InChI is InChI=1S/C19H25N3OS/c1-13-10-16(17-12-24-19(21-17)11-18(20)23)14(2)22(13)9-8-15-6-4-3-5-7-15/h6,10,12H,3-5,7-9,11H2,1-2H3,(H2,20,23). The van der Waals surface area contributed by atoms with E-state index in [1.165, 1.54) is 48.4 Å². The van der Waals surface area contributed by atoms with Gasteiger partial charge in [-0.25, -0.2) is 4.98 Å². The number of nitrogens with zero attached hydrogens (tertiary/aromatic N) is 2. The first-order chi connectivity index (χ1) is 11.5. The number of hydrogen-bond acceptors (Lipinski definition) is 3. The van der Waals surface area contributed by atoms with Gasteiger partial charge in [0.05, 0.1) is 12.1 Å². The molecule has 2 aromatic rings. The summed E-state index contributed by atoms with van der Waals surface area (Å²) in [5, 5.41) is 2.81. The van der Waals surface area contributed by atoms with E-state index in [9.17, 15) is 4.79 Å². The summed E-state index contributed by atoms with van der Waals surface area (Å²) in [7, 11) is 0. The maximum atomic E-state index is 11.1. The number of aromatic nitrogens is 2. The molecule has 0 aromatic carbocycles. The molecular weight excluding hydrogens is 318 g/mol. The van der Waals surface area contributed by atoms with E-state index in [-0.39, 0.29) is 12.3 Å². The Morgan fingerprint density at radius 3 is 2.92 bits per heavy atom. The van der Waals surface area contributed by atoms with Crippen molar-refractivity contribution in [1.29, 1.82) is 0 Å². The molecule has 0 spiro atoms. The summed E-state index contributed by atoms with van der Waals surface area (Å²) in [5.74, 6) is -0.331. The number of carbonyl (C=O) groups excluding carboxylic acids is 1. The van der Waals surface area contributed by atoms with Crippen LogP contribution in [0.2, 0.25) is 0 Å². The molecular formula is C19H25N3OS. The zero-order valence-corrected chi connectivity index (χ0v) is 15.3. The number of hydrogen-bond donors (Lipinski definition) is 1. The quantitative estimate of drug-likeness (QED) is 0.801. The highest BCUT2D eigenvalue weighted by Crippen LogP contribution is 2.29. The van der Waals surface area contributed by atoms with Crippen molar-refractivity contribution in [3.8, 4) is 11.3 Å². The normalized spacial score (nSPS) is 14.7. The van der Waals surface area contributed by atoms with Crippen LogP contribution in [-0.2, 0) is 17.8 Å². The first-order valence-electron chi connectivity index (χ1n) is 8.62. The smallest absolute Gasteiger partial charge is 0.224 e. The molecule has 5 heteroatoms. The molecule has 0 saturated heterocycles. The van der Waals surface area contributed by atoms with Gasteiger partial charge in [-0.1, -0.05) is 11.6 Å². The average Bonchev–Trinajstić information content (AvgIpc) is 3.11. The molecule has 0 aliphatic heterocycles. The van der Waals surface area contributed by atoms with Gasteiger partial charge in [0.2, 0.25) is 5.91 Å². The summed E-state index contributed by atoms with van der Waals surface area (Å²) in [6, 6.07) is 2.20. The largest absolute Gasteiger partial charge is 0.369 e. The monoisotopic (exact) mass is 343 g/mol. The number of amides is 1. The van der Waals surface area contributed by atoms with Gasteiger partial charge in [-0.2, -0.15) is 0 Å². The fourth-order valence-electron chi connectivity index (χ4n) is 3.46. The minimum Gasteiger partial charge on any atom is -0.369 e. The van der Waals surface area contributed by atoms with E-state index in [0.717, 1.165) is 29.2 Å². The minimum atomic E-state index is -0.331. The van der Waals surface area contributed by atoms with Crippen molar-refractivity contribution in [3.05, 3.63) is 39.5 Å². The Labute approximate surface area is 147 Å². The van der Waals surface area contributed by atoms with Crippen molar-refractivity contribution in [2.75, 3.05) is 0 Å². The molecule has 0 saturated carbocycles. The van der Waals surface area contributed by atoms with Crippen molar-refractivity contribution in [2.24, 2.45) is 5.73 Å². The second kappa shape index (κ2) is 7.34. The van der Waals surface area contributed by atoms with Crippen LogP contribution >= 0.6 is 11.3 Å². The SMILES string of the molecule is Cc1cc(-c2csc(CC(N)=O)n2)c(C)n1CCC1=CCCCC1. The molecule has 24 heavy (non-hydrogen) atoms. The lowest BCUT2D eigenvalue weighted by molar-refractivity contribution is -0.117. The summed E-state index contributed by atoms with van der Waals surface area (Å²) in [4.78, 5) is 15.6. The van der Waals surface area contributed by atoms with Gasteiger partial charge in [0.25, 0.3) is 0 Å². The van der Waals surface area contributed by atoms with Gasteiger partial charge in [0, 0.05) is 28.9 Å². The van der Waals surface area contributed by atoms with Crippen molar-refractivity contribution >= 4 is 17.2 Å². The predicted molar refractivity (Wildman–Crippen MR) is 99.1 cm³/mol. The van der Waals surface area contributed by atoms with Gasteiger partial charge >= 0.3 is 0 Å². The summed E-state index contributed by atoms with van der Waals surface area (Å²) >= 11 is 1.50. The summed E-state index contributed by atoms with van der Waals surface area (Å²) in [5.41, 5.74) is 11.5. The van der Waals surface area contributed by atoms with Crippen LogP contribution in [0.25, 0.3) is 11.3 Å². The van der Waals surface area contributed by atoms with Gasteiger partial charge in [0.1, 0.15) is 5.01 Å². The zero-order valence-electron chi connectivity index (χ0n) is 14.5. The number of carbonyl (C=O) groups is 1. The molecule has 2 aromatic heterocycles. The van der Waals surface area contributed by atoms with Crippen LogP contribution < -0.4 is 5.73 Å². The van der Waals surface area contributed by atoms with E-state index in [2.05, 4.69) is 35.5 Å². The highest BCUT2D eigenvalue weighted by Gasteiger charge is 2.15. The van der Waals surface area contributed by atoms with Crippen LogP contribution in [0.1, 0.15) is 48.5 Å². The molecule has 1 aliphatic rings. The first kappa shape index (κ1) is 17.0. The molecule has 128 valence electrons. The Hall–Kier alpha value is -1.88. The molecule has 2 N–H and O–H groups in total. The van der Waals surface area contributed by atoms with Crippen molar-refractivity contribution in [2.45, 2.75) is 58.9 Å². The number of primary amides is 1. The van der Waals surface area contributed by atoms with E-state index >= 15 is 0 Å². The maximum Gasteiger partial charge on any atom is 0.224 e. The fraction of sp³-hybridized carbons (Fsp3) is 0.474. The first-order valence-corrected chi connectivity index (χ1v) is 9.50. The molecule has 0 unspecified atom stereocenters. The number of thiazole rings is 1. The van der Waals surface area contributed by atoms with Gasteiger partial charge < -0.3 is 10.3 Å². The average molecular weight is 343 g/mol. The van der Waals surface area contributed by atoms with Gasteiger partial charge in [0.15, 0.2) is 0 Å². The van der Waals surface area contributed by atoms with Crippen molar-refractivity contribution < 1.29 is 4.79 Å². The maximum absolute atomic E-state index is 11.1. The van der Waals surface area contributed by atoms with E-state index in [0.29, 0.717) is 0 Å². The summed E-state index contributed by atoms with van der Waals surface area (Å²) in [6.07, 6.45) is 8.96. The van der Waals surface area contributed by atoms with Crippen LogP contribution in [0, 0.1) is 13.8 Å². The second-order valence-corrected chi connectivity index (χ2v) is 7.51. The van der Waals surface area contributed by atoms with Crippen LogP contribution in [0.5, 0.6) is 0 Å². The molecule has 0 atom stereocenters. The summed E-state index contributed by atoms with van der Waals surface area (Å²) < 4.78 is 2.39. The molecule has 1 amide bonds. The van der Waals surface area contributed by atoms with E-state index in [1.807, 2.05) is 5.38 Å². The Kier molecular flexibility index (Phi) is 5.19. The van der Waals surface area contributed by atoms with E-state index < -0.39 is 0 Å². The Morgan fingerprint density at radius 2 is 2.21 bits per heavy atom. The zero-order chi connectivity index (χ0) is 17.1. The molecule has 0 fully saturated rings. The number of aryl methyl sites for hydroxylation is 1. The minimum absolute atomic E-state index is 0.220. The van der Waals surface area contributed by atoms with Crippen molar-refractivity contribution in [3.63, 3.8) is 0 Å². The van der Waals surface area contributed by atoms with Gasteiger partial charge in [-0.05, 0) is 52.0 Å². The highest BCUT2D eigenvalue weighted by molar-refractivity contribution is 7.10. The van der Waals surface area contributed by atoms with E-state index in [1.54, 1.807) is 5.57 Å². The molecule has 1 aliphatic carbocycles. The third kappa shape index (κ3) is 3.78. The van der Waals surface area contributed by atoms with Crippen molar-refractivity contribution in [1.82, 2.24) is 9.55 Å². The van der Waals surface area contributed by atoms with Crippen LogP contribution in [-0.4, -0.2) is 15.5 Å². The lowest BCUT2D eigenvalue weighted by Gasteiger charge is -2.15. The Morgan fingerprint density at radius 1 is 1.38 bits per heavy atom. The van der Waals surface area contributed by atoms with Gasteiger partial charge in [-0.3, -0.25) is 4.79 Å². The van der Waals surface area contributed by atoms with Gasteiger partial charge in [-0.15, -0.1) is 11.3 Å². The van der Waals surface area contributed by atoms with E-state index in [4.69, 9.17) is 5.73 Å². The molecule has 2 heterocycles. The Bertz CT molecular complexity index is 770. The highest BCUT2D eigenvalue weighted by atomic mass is 32.1. The lowest BCUT2D eigenvalue weighted by Crippen LogP contribution is -2.13. The number of nitrogens with two attached hydrogens (primary N) is 1. The van der Waals surface area contributed by atoms with Crippen LogP contribution in [0.15, 0.2) is 23.1 Å². The lowest BCUT2D eigenvalue weighted by atomic mass is 9.97. The number of rotatable bonds is 6. The van der Waals surface area contributed by atoms with Crippen LogP contribution in [0.3, 0.4) is 0 Å². The molecule has 0 bridgehead atoms.